The van der Waals surface area contributed by atoms with Gasteiger partial charge >= 0.3 is 0 Å². The van der Waals surface area contributed by atoms with Crippen LogP contribution in [0, 0.1) is 12.3 Å². The Labute approximate surface area is 122 Å². The van der Waals surface area contributed by atoms with Crippen molar-refractivity contribution in [3.8, 4) is 0 Å². The van der Waals surface area contributed by atoms with E-state index in [0.717, 1.165) is 22.1 Å². The van der Waals surface area contributed by atoms with Crippen LogP contribution in [0.2, 0.25) is 5.02 Å². The van der Waals surface area contributed by atoms with Crippen molar-refractivity contribution in [3.05, 3.63) is 27.2 Å². The van der Waals surface area contributed by atoms with Crippen LogP contribution >= 0.6 is 27.5 Å². The van der Waals surface area contributed by atoms with Gasteiger partial charge in [-0.1, -0.05) is 32.4 Å². The maximum Gasteiger partial charge on any atom is 0.224 e. The summed E-state index contributed by atoms with van der Waals surface area (Å²) in [4.78, 5) is 11.8. The van der Waals surface area contributed by atoms with Crippen molar-refractivity contribution in [1.29, 1.82) is 0 Å². The van der Waals surface area contributed by atoms with Gasteiger partial charge in [0.2, 0.25) is 5.91 Å². The Bertz CT molecular complexity index is 452. The molecule has 0 aromatic heterocycles. The van der Waals surface area contributed by atoms with Crippen molar-refractivity contribution >= 4 is 39.1 Å². The molecular weight excluding hydrogens is 314 g/mol. The first-order chi connectivity index (χ1) is 8.19. The predicted molar refractivity (Wildman–Crippen MR) is 81.2 cm³/mol. The maximum atomic E-state index is 11.8. The number of hydrogen-bond donors (Lipinski definition) is 1. The molecule has 1 aromatic rings. The van der Waals surface area contributed by atoms with Crippen molar-refractivity contribution in [2.24, 2.45) is 5.41 Å². The zero-order chi connectivity index (χ0) is 13.9. The largest absolute Gasteiger partial charge is 0.325 e. The second-order valence-electron chi connectivity index (χ2n) is 5.69. The highest BCUT2D eigenvalue weighted by Gasteiger charge is 2.14. The van der Waals surface area contributed by atoms with Gasteiger partial charge in [-0.3, -0.25) is 4.79 Å². The number of rotatable bonds is 3. The Morgan fingerprint density at radius 2 is 2.00 bits per heavy atom. The van der Waals surface area contributed by atoms with Crippen molar-refractivity contribution in [3.63, 3.8) is 0 Å². The van der Waals surface area contributed by atoms with Crippen LogP contribution in [0.25, 0.3) is 0 Å². The van der Waals surface area contributed by atoms with E-state index in [0.29, 0.717) is 11.4 Å². The number of carbonyl (C=O) groups excluding carboxylic acids is 1. The summed E-state index contributed by atoms with van der Waals surface area (Å²) < 4.78 is 0.855. The van der Waals surface area contributed by atoms with Gasteiger partial charge in [0.25, 0.3) is 0 Å². The van der Waals surface area contributed by atoms with Crippen molar-refractivity contribution in [1.82, 2.24) is 0 Å². The molecule has 0 atom stereocenters. The highest BCUT2D eigenvalue weighted by atomic mass is 79.9. The first-order valence-electron chi connectivity index (χ1n) is 5.94. The van der Waals surface area contributed by atoms with E-state index in [4.69, 9.17) is 11.6 Å². The molecule has 0 aliphatic heterocycles. The molecule has 0 bridgehead atoms. The average Bonchev–Trinajstić information content (AvgIpc) is 2.22. The number of anilines is 1. The Morgan fingerprint density at radius 1 is 1.39 bits per heavy atom. The Kier molecular flexibility index (Phi) is 5.23. The van der Waals surface area contributed by atoms with Crippen LogP contribution in [0.1, 0.15) is 39.2 Å². The lowest BCUT2D eigenvalue weighted by atomic mass is 9.90. The van der Waals surface area contributed by atoms with Crippen LogP contribution in [0.5, 0.6) is 0 Å². The minimum absolute atomic E-state index is 0.0190. The zero-order valence-electron chi connectivity index (χ0n) is 11.2. The Morgan fingerprint density at radius 3 is 2.56 bits per heavy atom. The minimum Gasteiger partial charge on any atom is -0.325 e. The van der Waals surface area contributed by atoms with Gasteiger partial charge < -0.3 is 5.32 Å². The van der Waals surface area contributed by atoms with Crippen molar-refractivity contribution in [2.45, 2.75) is 40.5 Å². The third kappa shape index (κ3) is 4.99. The molecule has 0 radical (unpaired) electrons. The van der Waals surface area contributed by atoms with Gasteiger partial charge in [0.15, 0.2) is 0 Å². The van der Waals surface area contributed by atoms with E-state index >= 15 is 0 Å². The molecule has 100 valence electrons. The molecule has 4 heteroatoms. The summed E-state index contributed by atoms with van der Waals surface area (Å²) in [5, 5.41) is 3.54. The van der Waals surface area contributed by atoms with Gasteiger partial charge in [0, 0.05) is 15.9 Å². The van der Waals surface area contributed by atoms with E-state index in [9.17, 15) is 4.79 Å². The average molecular weight is 333 g/mol. The Balaban J connectivity index is 2.68. The van der Waals surface area contributed by atoms with Crippen LogP contribution in [0.4, 0.5) is 5.69 Å². The second kappa shape index (κ2) is 6.07. The smallest absolute Gasteiger partial charge is 0.224 e. The molecule has 1 amide bonds. The summed E-state index contributed by atoms with van der Waals surface area (Å²) in [7, 11) is 0. The normalized spacial score (nSPS) is 11.4. The molecule has 1 rings (SSSR count). The monoisotopic (exact) mass is 331 g/mol. The summed E-state index contributed by atoms with van der Waals surface area (Å²) >= 11 is 9.47. The summed E-state index contributed by atoms with van der Waals surface area (Å²) in [6.45, 7) is 8.30. The number of aryl methyl sites for hydroxylation is 1. The molecule has 0 fully saturated rings. The van der Waals surface area contributed by atoms with E-state index < -0.39 is 0 Å². The van der Waals surface area contributed by atoms with E-state index in [2.05, 4.69) is 42.0 Å². The van der Waals surface area contributed by atoms with Crippen molar-refractivity contribution < 1.29 is 4.79 Å². The highest BCUT2D eigenvalue weighted by molar-refractivity contribution is 9.10. The fourth-order valence-corrected chi connectivity index (χ4v) is 2.16. The third-order valence-electron chi connectivity index (χ3n) is 2.62. The molecule has 0 unspecified atom stereocenters. The van der Waals surface area contributed by atoms with Gasteiger partial charge in [-0.25, -0.2) is 0 Å². The van der Waals surface area contributed by atoms with Crippen LogP contribution < -0.4 is 5.32 Å². The summed E-state index contributed by atoms with van der Waals surface area (Å²) in [6, 6.07) is 3.68. The van der Waals surface area contributed by atoms with Gasteiger partial charge in [-0.2, -0.15) is 0 Å². The van der Waals surface area contributed by atoms with E-state index in [1.54, 1.807) is 6.07 Å². The minimum atomic E-state index is 0.0190. The molecule has 0 heterocycles. The van der Waals surface area contributed by atoms with Crippen LogP contribution in [0.15, 0.2) is 16.6 Å². The fourth-order valence-electron chi connectivity index (χ4n) is 1.44. The lowest BCUT2D eigenvalue weighted by Gasteiger charge is -2.17. The lowest BCUT2D eigenvalue weighted by molar-refractivity contribution is -0.116. The molecule has 2 nitrogen and oxygen atoms in total. The predicted octanol–water partition coefficient (Wildman–Crippen LogP) is 5.18. The second-order valence-corrected chi connectivity index (χ2v) is 6.95. The van der Waals surface area contributed by atoms with E-state index in [-0.39, 0.29) is 11.3 Å². The van der Waals surface area contributed by atoms with Crippen LogP contribution in [0.3, 0.4) is 0 Å². The molecule has 0 saturated carbocycles. The highest BCUT2D eigenvalue weighted by Crippen LogP contribution is 2.29. The first kappa shape index (κ1) is 15.5. The third-order valence-corrected chi connectivity index (χ3v) is 3.69. The van der Waals surface area contributed by atoms with E-state index in [1.165, 1.54) is 0 Å². The topological polar surface area (TPSA) is 29.1 Å². The molecular formula is C14H19BrClNO. The number of amides is 1. The van der Waals surface area contributed by atoms with Gasteiger partial charge in [0.1, 0.15) is 0 Å². The summed E-state index contributed by atoms with van der Waals surface area (Å²) in [6.07, 6.45) is 1.37. The SMILES string of the molecule is Cc1cc(Br)c(NC(=O)CCC(C)(C)C)cc1Cl. The number of benzene rings is 1. The summed E-state index contributed by atoms with van der Waals surface area (Å²) in [5.41, 5.74) is 1.88. The molecule has 0 spiro atoms. The number of halogens is 2. The quantitative estimate of drug-likeness (QED) is 0.812. The molecule has 0 aliphatic carbocycles. The van der Waals surface area contributed by atoms with Crippen LogP contribution in [-0.2, 0) is 4.79 Å². The fraction of sp³-hybridized carbons (Fsp3) is 0.500. The van der Waals surface area contributed by atoms with Gasteiger partial charge in [0.05, 0.1) is 5.69 Å². The first-order valence-corrected chi connectivity index (χ1v) is 7.11. The molecule has 1 N–H and O–H groups in total. The van der Waals surface area contributed by atoms with Gasteiger partial charge in [-0.15, -0.1) is 0 Å². The number of carbonyl (C=O) groups is 1. The molecule has 18 heavy (non-hydrogen) atoms. The molecule has 1 aromatic carbocycles. The van der Waals surface area contributed by atoms with Crippen LogP contribution in [-0.4, -0.2) is 5.91 Å². The zero-order valence-corrected chi connectivity index (χ0v) is 13.6. The van der Waals surface area contributed by atoms with E-state index in [1.807, 2.05) is 13.0 Å². The Hall–Kier alpha value is -0.540. The number of hydrogen-bond acceptors (Lipinski definition) is 1. The lowest BCUT2D eigenvalue weighted by Crippen LogP contribution is -2.15. The standard InChI is InChI=1S/C14H19BrClNO/c1-9-7-10(15)12(8-11(9)16)17-13(18)5-6-14(2,3)4/h7-8H,5-6H2,1-4H3,(H,17,18). The number of nitrogens with one attached hydrogen (secondary N) is 1. The molecule has 0 saturated heterocycles. The molecule has 0 aliphatic rings. The van der Waals surface area contributed by atoms with Crippen molar-refractivity contribution in [2.75, 3.05) is 5.32 Å². The van der Waals surface area contributed by atoms with Gasteiger partial charge in [-0.05, 0) is 52.4 Å². The maximum absolute atomic E-state index is 11.8. The summed E-state index contributed by atoms with van der Waals surface area (Å²) in [5.74, 6) is 0.0190.